The molecule has 1 saturated carbocycles. The average Bonchev–Trinajstić information content (AvgIpc) is 2.81. The van der Waals surface area contributed by atoms with E-state index in [-0.39, 0.29) is 18.6 Å². The summed E-state index contributed by atoms with van der Waals surface area (Å²) >= 11 is 0. The number of hydrogen-bond donors (Lipinski definition) is 1. The minimum absolute atomic E-state index is 0.0746. The van der Waals surface area contributed by atoms with Crippen molar-refractivity contribution in [2.75, 3.05) is 0 Å². The minimum atomic E-state index is -4.27. The lowest BCUT2D eigenvalue weighted by Gasteiger charge is -2.36. The van der Waals surface area contributed by atoms with Gasteiger partial charge in [0.1, 0.15) is 16.9 Å². The second kappa shape index (κ2) is 4.77. The molecule has 5 heteroatoms. The number of alkyl halides is 3. The fourth-order valence-electron chi connectivity index (χ4n) is 3.15. The van der Waals surface area contributed by atoms with E-state index in [1.165, 1.54) is 0 Å². The van der Waals surface area contributed by atoms with Gasteiger partial charge in [0.15, 0.2) is 0 Å². The fraction of sp³-hybridized carbons (Fsp3) is 0.500. The summed E-state index contributed by atoms with van der Waals surface area (Å²) in [6.45, 7) is 1.93. The molecule has 0 aliphatic heterocycles. The molecule has 1 aliphatic rings. The molecule has 0 amide bonds. The monoisotopic (exact) mass is 298 g/mol. The van der Waals surface area contributed by atoms with Crippen LogP contribution in [0.25, 0.3) is 11.0 Å². The van der Waals surface area contributed by atoms with E-state index in [1.807, 2.05) is 19.1 Å². The Morgan fingerprint density at radius 2 is 2.05 bits per heavy atom. The highest BCUT2D eigenvalue weighted by molar-refractivity contribution is 5.78. The average molecular weight is 298 g/mol. The number of halogens is 3. The standard InChI is InChI=1S/C16H17F3O2/c1-10-4-5-13-11(7-10)8-14(21-13)15(20)6-2-3-12(9-15)16(17,18)19/h4-5,7-8,12,20H,2-3,6,9H2,1H3. The third-order valence-corrected chi connectivity index (χ3v) is 4.32. The Hall–Kier alpha value is -1.49. The van der Waals surface area contributed by atoms with Crippen LogP contribution in [0.4, 0.5) is 13.2 Å². The molecule has 2 nitrogen and oxygen atoms in total. The van der Waals surface area contributed by atoms with Gasteiger partial charge in [0, 0.05) is 5.39 Å². The van der Waals surface area contributed by atoms with E-state index in [4.69, 9.17) is 4.42 Å². The van der Waals surface area contributed by atoms with Crippen LogP contribution in [0.2, 0.25) is 0 Å². The van der Waals surface area contributed by atoms with Gasteiger partial charge in [-0.1, -0.05) is 11.6 Å². The van der Waals surface area contributed by atoms with Gasteiger partial charge in [-0.15, -0.1) is 0 Å². The van der Waals surface area contributed by atoms with Gasteiger partial charge in [0.25, 0.3) is 0 Å². The van der Waals surface area contributed by atoms with Gasteiger partial charge in [-0.25, -0.2) is 0 Å². The molecule has 1 aromatic heterocycles. The lowest BCUT2D eigenvalue weighted by Crippen LogP contribution is -2.38. The first-order valence-corrected chi connectivity index (χ1v) is 7.08. The van der Waals surface area contributed by atoms with Gasteiger partial charge in [-0.2, -0.15) is 13.2 Å². The van der Waals surface area contributed by atoms with Crippen molar-refractivity contribution < 1.29 is 22.7 Å². The highest BCUT2D eigenvalue weighted by atomic mass is 19.4. The Kier molecular flexibility index (Phi) is 3.28. The Labute approximate surface area is 120 Å². The van der Waals surface area contributed by atoms with E-state index in [1.54, 1.807) is 12.1 Å². The zero-order chi connectivity index (χ0) is 15.3. The van der Waals surface area contributed by atoms with Gasteiger partial charge in [-0.05, 0) is 50.8 Å². The molecule has 1 fully saturated rings. The highest BCUT2D eigenvalue weighted by Crippen LogP contribution is 2.47. The summed E-state index contributed by atoms with van der Waals surface area (Å²) in [4.78, 5) is 0. The van der Waals surface area contributed by atoms with E-state index in [9.17, 15) is 18.3 Å². The fourth-order valence-corrected chi connectivity index (χ4v) is 3.15. The summed E-state index contributed by atoms with van der Waals surface area (Å²) in [5.41, 5.74) is 0.113. The molecule has 1 aliphatic carbocycles. The highest BCUT2D eigenvalue weighted by Gasteiger charge is 2.48. The molecule has 3 rings (SSSR count). The predicted molar refractivity (Wildman–Crippen MR) is 72.9 cm³/mol. The van der Waals surface area contributed by atoms with E-state index in [2.05, 4.69) is 0 Å². The summed E-state index contributed by atoms with van der Waals surface area (Å²) in [7, 11) is 0. The molecule has 0 saturated heterocycles. The SMILES string of the molecule is Cc1ccc2oc(C3(O)CCCC(C(F)(F)F)C3)cc2c1. The van der Waals surface area contributed by atoms with Crippen LogP contribution in [0.15, 0.2) is 28.7 Å². The Morgan fingerprint density at radius 3 is 2.76 bits per heavy atom. The Balaban J connectivity index is 1.96. The minimum Gasteiger partial charge on any atom is -0.458 e. The Morgan fingerprint density at radius 1 is 1.29 bits per heavy atom. The van der Waals surface area contributed by atoms with E-state index >= 15 is 0 Å². The molecule has 21 heavy (non-hydrogen) atoms. The van der Waals surface area contributed by atoms with Crippen LogP contribution in [0.1, 0.15) is 37.0 Å². The summed E-state index contributed by atoms with van der Waals surface area (Å²) in [6, 6.07) is 7.22. The number of fused-ring (bicyclic) bond motifs is 1. The summed E-state index contributed by atoms with van der Waals surface area (Å²) < 4.78 is 44.4. The third-order valence-electron chi connectivity index (χ3n) is 4.32. The molecule has 0 bridgehead atoms. The maximum absolute atomic E-state index is 12.9. The zero-order valence-corrected chi connectivity index (χ0v) is 11.7. The van der Waals surface area contributed by atoms with Crippen molar-refractivity contribution in [2.24, 2.45) is 5.92 Å². The third kappa shape index (κ3) is 2.67. The Bertz CT molecular complexity index is 659. The van der Waals surface area contributed by atoms with E-state index in [0.29, 0.717) is 18.4 Å². The van der Waals surface area contributed by atoms with Crippen molar-refractivity contribution in [1.82, 2.24) is 0 Å². The van der Waals surface area contributed by atoms with Crippen LogP contribution in [0.3, 0.4) is 0 Å². The van der Waals surface area contributed by atoms with Crippen molar-refractivity contribution in [1.29, 1.82) is 0 Å². The summed E-state index contributed by atoms with van der Waals surface area (Å²) in [5.74, 6) is -1.22. The lowest BCUT2D eigenvalue weighted by atomic mass is 9.76. The van der Waals surface area contributed by atoms with Crippen LogP contribution < -0.4 is 0 Å². The van der Waals surface area contributed by atoms with Crippen molar-refractivity contribution in [3.63, 3.8) is 0 Å². The molecule has 0 spiro atoms. The van der Waals surface area contributed by atoms with Gasteiger partial charge in [0.2, 0.25) is 0 Å². The van der Waals surface area contributed by atoms with Gasteiger partial charge < -0.3 is 9.52 Å². The summed E-state index contributed by atoms with van der Waals surface area (Å²) in [5, 5.41) is 11.5. The van der Waals surface area contributed by atoms with Crippen LogP contribution >= 0.6 is 0 Å². The normalized spacial score (nSPS) is 27.2. The van der Waals surface area contributed by atoms with Gasteiger partial charge in [0.05, 0.1) is 5.92 Å². The zero-order valence-electron chi connectivity index (χ0n) is 11.7. The largest absolute Gasteiger partial charge is 0.458 e. The molecule has 1 aromatic carbocycles. The molecule has 2 aromatic rings. The summed E-state index contributed by atoms with van der Waals surface area (Å²) in [6.07, 6.45) is -3.87. The maximum atomic E-state index is 12.9. The van der Waals surface area contributed by atoms with Crippen LogP contribution in [-0.2, 0) is 5.60 Å². The molecule has 2 unspecified atom stereocenters. The second-order valence-electron chi connectivity index (χ2n) is 6.02. The first-order valence-electron chi connectivity index (χ1n) is 7.08. The quantitative estimate of drug-likeness (QED) is 0.829. The van der Waals surface area contributed by atoms with E-state index in [0.717, 1.165) is 10.9 Å². The predicted octanol–water partition coefficient (Wildman–Crippen LogP) is 4.68. The maximum Gasteiger partial charge on any atom is 0.391 e. The number of hydrogen-bond acceptors (Lipinski definition) is 2. The van der Waals surface area contributed by atoms with Crippen molar-refractivity contribution >= 4 is 11.0 Å². The number of aliphatic hydroxyl groups is 1. The number of rotatable bonds is 1. The van der Waals surface area contributed by atoms with Crippen LogP contribution in [0.5, 0.6) is 0 Å². The van der Waals surface area contributed by atoms with Gasteiger partial charge >= 0.3 is 6.18 Å². The van der Waals surface area contributed by atoms with Crippen molar-refractivity contribution in [3.8, 4) is 0 Å². The molecule has 1 heterocycles. The molecule has 114 valence electrons. The first-order chi connectivity index (χ1) is 9.78. The van der Waals surface area contributed by atoms with Gasteiger partial charge in [-0.3, -0.25) is 0 Å². The second-order valence-corrected chi connectivity index (χ2v) is 6.02. The number of aryl methyl sites for hydroxylation is 1. The molecule has 0 radical (unpaired) electrons. The topological polar surface area (TPSA) is 33.4 Å². The van der Waals surface area contributed by atoms with Crippen molar-refractivity contribution in [3.05, 3.63) is 35.6 Å². The number of furan rings is 1. The van der Waals surface area contributed by atoms with Crippen molar-refractivity contribution in [2.45, 2.75) is 44.4 Å². The molecule has 1 N–H and O–H groups in total. The molecular formula is C16H17F3O2. The van der Waals surface area contributed by atoms with Crippen LogP contribution in [0, 0.1) is 12.8 Å². The molecular weight excluding hydrogens is 281 g/mol. The van der Waals surface area contributed by atoms with E-state index < -0.39 is 17.7 Å². The first kappa shape index (κ1) is 14.4. The van der Waals surface area contributed by atoms with Crippen LogP contribution in [-0.4, -0.2) is 11.3 Å². The lowest BCUT2D eigenvalue weighted by molar-refractivity contribution is -0.203. The smallest absolute Gasteiger partial charge is 0.391 e. The molecule has 2 atom stereocenters. The number of benzene rings is 1.